The molecule has 1 aliphatic carbocycles. The van der Waals surface area contributed by atoms with Gasteiger partial charge < -0.3 is 15.4 Å². The summed E-state index contributed by atoms with van der Waals surface area (Å²) in [6.07, 6.45) is 3.72. The van der Waals surface area contributed by atoms with Crippen molar-refractivity contribution in [3.63, 3.8) is 0 Å². The van der Waals surface area contributed by atoms with Crippen LogP contribution in [-0.2, 0) is 10.0 Å². The molecule has 7 nitrogen and oxygen atoms in total. The number of urea groups is 1. The molecule has 1 saturated heterocycles. The van der Waals surface area contributed by atoms with Gasteiger partial charge in [0, 0.05) is 19.1 Å². The minimum Gasteiger partial charge on any atom is -0.495 e. The minimum absolute atomic E-state index is 0.168. The van der Waals surface area contributed by atoms with Gasteiger partial charge in [-0.1, -0.05) is 0 Å². The lowest BCUT2D eigenvalue weighted by Gasteiger charge is -2.17. The number of carbonyl (C=O) groups excluding carboxylic acids is 1. The van der Waals surface area contributed by atoms with Crippen LogP contribution in [0.25, 0.3) is 0 Å². The van der Waals surface area contributed by atoms with E-state index in [-0.39, 0.29) is 17.0 Å². The van der Waals surface area contributed by atoms with E-state index < -0.39 is 10.0 Å². The third-order valence-corrected chi connectivity index (χ3v) is 5.93. The van der Waals surface area contributed by atoms with Crippen molar-refractivity contribution in [1.29, 1.82) is 0 Å². The maximum absolute atomic E-state index is 12.6. The molecule has 0 spiro atoms. The molecule has 1 saturated carbocycles. The van der Waals surface area contributed by atoms with Crippen LogP contribution in [0, 0.1) is 0 Å². The summed E-state index contributed by atoms with van der Waals surface area (Å²) in [7, 11) is -2.05. The fourth-order valence-electron chi connectivity index (χ4n) is 2.59. The monoisotopic (exact) mass is 339 g/mol. The Labute approximate surface area is 136 Å². The maximum Gasteiger partial charge on any atom is 0.319 e. The molecule has 126 valence electrons. The van der Waals surface area contributed by atoms with Crippen LogP contribution in [0.5, 0.6) is 5.75 Å². The Bertz CT molecular complexity index is 695. The van der Waals surface area contributed by atoms with Crippen molar-refractivity contribution in [2.24, 2.45) is 0 Å². The Hall–Kier alpha value is -1.80. The van der Waals surface area contributed by atoms with Crippen molar-refractivity contribution in [3.8, 4) is 5.75 Å². The number of nitrogens with zero attached hydrogens (tertiary/aromatic N) is 1. The summed E-state index contributed by atoms with van der Waals surface area (Å²) in [6, 6.07) is 4.41. The van der Waals surface area contributed by atoms with E-state index in [0.717, 1.165) is 25.7 Å². The van der Waals surface area contributed by atoms with E-state index in [1.807, 2.05) is 0 Å². The number of sulfonamides is 1. The molecule has 1 aromatic carbocycles. The quantitative estimate of drug-likeness (QED) is 0.856. The zero-order chi connectivity index (χ0) is 16.4. The van der Waals surface area contributed by atoms with Gasteiger partial charge >= 0.3 is 6.03 Å². The summed E-state index contributed by atoms with van der Waals surface area (Å²) in [4.78, 5) is 12.1. The second-order valence-electron chi connectivity index (χ2n) is 5.85. The second-order valence-corrected chi connectivity index (χ2v) is 7.78. The Balaban J connectivity index is 1.84. The van der Waals surface area contributed by atoms with E-state index in [4.69, 9.17) is 4.74 Å². The number of rotatable bonds is 5. The lowest BCUT2D eigenvalue weighted by molar-refractivity contribution is 0.251. The highest BCUT2D eigenvalue weighted by Gasteiger charge is 2.28. The molecule has 3 rings (SSSR count). The fourth-order valence-corrected chi connectivity index (χ4v) is 4.14. The van der Waals surface area contributed by atoms with Gasteiger partial charge in [0.05, 0.1) is 17.7 Å². The molecule has 2 N–H and O–H groups in total. The molecular formula is C15H21N3O4S. The number of benzene rings is 1. The molecule has 2 fully saturated rings. The normalized spacial score (nSPS) is 18.7. The molecule has 2 amide bonds. The van der Waals surface area contributed by atoms with Gasteiger partial charge in [-0.15, -0.1) is 0 Å². The van der Waals surface area contributed by atoms with Crippen LogP contribution >= 0.6 is 0 Å². The fraction of sp³-hybridized carbons (Fsp3) is 0.533. The first-order valence-corrected chi connectivity index (χ1v) is 9.20. The summed E-state index contributed by atoms with van der Waals surface area (Å²) < 4.78 is 31.9. The van der Waals surface area contributed by atoms with Crippen LogP contribution in [0.1, 0.15) is 25.7 Å². The summed E-state index contributed by atoms with van der Waals surface area (Å²) in [5.41, 5.74) is 0.353. The van der Waals surface area contributed by atoms with Crippen molar-refractivity contribution in [1.82, 2.24) is 9.62 Å². The summed E-state index contributed by atoms with van der Waals surface area (Å²) in [5, 5.41) is 5.48. The molecule has 0 aromatic heterocycles. The molecule has 23 heavy (non-hydrogen) atoms. The molecule has 1 aromatic rings. The average molecular weight is 339 g/mol. The number of hydrogen-bond acceptors (Lipinski definition) is 4. The lowest BCUT2D eigenvalue weighted by atomic mass is 10.3. The molecule has 0 radical (unpaired) electrons. The zero-order valence-corrected chi connectivity index (χ0v) is 13.9. The number of hydrogen-bond donors (Lipinski definition) is 2. The predicted molar refractivity (Wildman–Crippen MR) is 86.2 cm³/mol. The molecular weight excluding hydrogens is 318 g/mol. The highest BCUT2D eigenvalue weighted by molar-refractivity contribution is 7.89. The van der Waals surface area contributed by atoms with Gasteiger partial charge in [0.25, 0.3) is 0 Å². The van der Waals surface area contributed by atoms with Crippen LogP contribution in [0.4, 0.5) is 10.5 Å². The van der Waals surface area contributed by atoms with E-state index >= 15 is 0 Å². The Morgan fingerprint density at radius 1 is 1.26 bits per heavy atom. The van der Waals surface area contributed by atoms with Crippen molar-refractivity contribution in [2.75, 3.05) is 25.5 Å². The minimum atomic E-state index is -3.53. The van der Waals surface area contributed by atoms with E-state index in [2.05, 4.69) is 10.6 Å². The third-order valence-electron chi connectivity index (χ3n) is 4.03. The van der Waals surface area contributed by atoms with Crippen LogP contribution in [0.2, 0.25) is 0 Å². The van der Waals surface area contributed by atoms with Gasteiger partial charge in [-0.3, -0.25) is 0 Å². The molecule has 0 bridgehead atoms. The summed E-state index contributed by atoms with van der Waals surface area (Å²) >= 11 is 0. The lowest BCUT2D eigenvalue weighted by Crippen LogP contribution is -2.31. The number of methoxy groups -OCH3 is 1. The first-order valence-electron chi connectivity index (χ1n) is 7.76. The van der Waals surface area contributed by atoms with Gasteiger partial charge in [0.1, 0.15) is 5.75 Å². The van der Waals surface area contributed by atoms with Gasteiger partial charge in [-0.2, -0.15) is 4.31 Å². The highest BCUT2D eigenvalue weighted by atomic mass is 32.2. The molecule has 0 atom stereocenters. The van der Waals surface area contributed by atoms with E-state index in [9.17, 15) is 13.2 Å². The van der Waals surface area contributed by atoms with Crippen molar-refractivity contribution < 1.29 is 17.9 Å². The van der Waals surface area contributed by atoms with Crippen LogP contribution < -0.4 is 15.4 Å². The first-order chi connectivity index (χ1) is 11.0. The molecule has 0 unspecified atom stereocenters. The number of nitrogens with one attached hydrogen (secondary N) is 2. The van der Waals surface area contributed by atoms with E-state index in [1.54, 1.807) is 6.07 Å². The van der Waals surface area contributed by atoms with Crippen LogP contribution in [0.3, 0.4) is 0 Å². The third kappa shape index (κ3) is 3.59. The highest BCUT2D eigenvalue weighted by Crippen LogP contribution is 2.30. The van der Waals surface area contributed by atoms with Crippen molar-refractivity contribution >= 4 is 21.7 Å². The number of anilines is 1. The second kappa shape index (κ2) is 6.37. The summed E-state index contributed by atoms with van der Waals surface area (Å²) in [6.45, 7) is 1.08. The zero-order valence-electron chi connectivity index (χ0n) is 13.0. The van der Waals surface area contributed by atoms with Gasteiger partial charge in [-0.05, 0) is 43.9 Å². The van der Waals surface area contributed by atoms with Crippen molar-refractivity contribution in [3.05, 3.63) is 18.2 Å². The Morgan fingerprint density at radius 3 is 2.57 bits per heavy atom. The number of ether oxygens (including phenoxy) is 1. The Morgan fingerprint density at radius 2 is 1.96 bits per heavy atom. The molecule has 8 heteroatoms. The Kier molecular flexibility index (Phi) is 4.45. The molecule has 1 heterocycles. The first kappa shape index (κ1) is 16.1. The SMILES string of the molecule is COc1ccc(S(=O)(=O)N2CCCC2)cc1NC(=O)NC1CC1. The molecule has 1 aliphatic heterocycles. The van der Waals surface area contributed by atoms with Crippen LogP contribution in [0.15, 0.2) is 23.1 Å². The standard InChI is InChI=1S/C15H21N3O4S/c1-22-14-7-6-12(23(20,21)18-8-2-3-9-18)10-13(14)17-15(19)16-11-4-5-11/h6-7,10-11H,2-5,8-9H2,1H3,(H2,16,17,19). The van der Waals surface area contributed by atoms with Gasteiger partial charge in [-0.25, -0.2) is 13.2 Å². The van der Waals surface area contributed by atoms with Crippen molar-refractivity contribution in [2.45, 2.75) is 36.6 Å². The predicted octanol–water partition coefficient (Wildman–Crippen LogP) is 1.76. The summed E-state index contributed by atoms with van der Waals surface area (Å²) in [5.74, 6) is 0.427. The number of carbonyl (C=O) groups is 1. The smallest absolute Gasteiger partial charge is 0.319 e. The topological polar surface area (TPSA) is 87.7 Å². The van der Waals surface area contributed by atoms with Gasteiger partial charge in [0.2, 0.25) is 10.0 Å². The molecule has 2 aliphatic rings. The van der Waals surface area contributed by atoms with E-state index in [0.29, 0.717) is 24.5 Å². The van der Waals surface area contributed by atoms with E-state index in [1.165, 1.54) is 23.5 Å². The van der Waals surface area contributed by atoms with Gasteiger partial charge in [0.15, 0.2) is 0 Å². The maximum atomic E-state index is 12.6. The largest absolute Gasteiger partial charge is 0.495 e. The van der Waals surface area contributed by atoms with Crippen LogP contribution in [-0.4, -0.2) is 45.0 Å². The number of amides is 2. The average Bonchev–Trinajstić information content (AvgIpc) is 3.15.